The van der Waals surface area contributed by atoms with Crippen LogP contribution in [0.15, 0.2) is 34.6 Å². The molecular weight excluding hydrogens is 569 g/mol. The van der Waals surface area contributed by atoms with Crippen molar-refractivity contribution in [1.29, 1.82) is 0 Å². The molecule has 2 aliphatic rings. The summed E-state index contributed by atoms with van der Waals surface area (Å²) < 4.78 is 49.9. The van der Waals surface area contributed by atoms with Crippen LogP contribution in [0.1, 0.15) is 41.9 Å². The van der Waals surface area contributed by atoms with E-state index in [0.717, 1.165) is 35.6 Å². The number of piperazine rings is 1. The van der Waals surface area contributed by atoms with Crippen LogP contribution < -0.4 is 15.8 Å². The Kier molecular flexibility index (Phi) is 9.02. The van der Waals surface area contributed by atoms with Crippen molar-refractivity contribution in [3.8, 4) is 10.6 Å². The van der Waals surface area contributed by atoms with Crippen molar-refractivity contribution in [2.75, 3.05) is 56.7 Å². The first-order valence-corrected chi connectivity index (χ1v) is 14.7. The molecule has 0 radical (unpaired) electrons. The van der Waals surface area contributed by atoms with Gasteiger partial charge in [-0.2, -0.15) is 0 Å². The largest absolute Gasteiger partial charge is 0.379 e. The molecule has 0 aliphatic carbocycles. The molecule has 1 unspecified atom stereocenters. The Morgan fingerprint density at radius 2 is 1.83 bits per heavy atom. The third-order valence-corrected chi connectivity index (χ3v) is 8.97. The summed E-state index contributed by atoms with van der Waals surface area (Å²) in [4.78, 5) is 36.6. The normalized spacial score (nSPS) is 20.3. The van der Waals surface area contributed by atoms with Crippen molar-refractivity contribution >= 4 is 28.6 Å². The minimum Gasteiger partial charge on any atom is -0.379 e. The number of ether oxygens (including phenoxy) is 1. The number of hydrogen-bond donors (Lipinski definition) is 1. The molecule has 2 aromatic heterocycles. The number of carbonyl (C=O) groups excluding carboxylic acids is 1. The molecule has 2 fully saturated rings. The molecule has 226 valence electrons. The van der Waals surface area contributed by atoms with Crippen LogP contribution in [0.4, 0.5) is 24.5 Å². The predicted molar refractivity (Wildman–Crippen MR) is 157 cm³/mol. The fourth-order valence-electron chi connectivity index (χ4n) is 5.39. The van der Waals surface area contributed by atoms with Gasteiger partial charge in [0, 0.05) is 86.7 Å². The summed E-state index contributed by atoms with van der Waals surface area (Å²) in [7, 11) is 3.42. The number of anilines is 2. The number of morpholine rings is 1. The number of halogens is 3. The Morgan fingerprint density at radius 1 is 1.14 bits per heavy atom. The van der Waals surface area contributed by atoms with Crippen LogP contribution in [0.3, 0.4) is 0 Å². The second-order valence-electron chi connectivity index (χ2n) is 11.0. The molecule has 0 spiro atoms. The quantitative estimate of drug-likeness (QED) is 0.433. The lowest BCUT2D eigenvalue weighted by Gasteiger charge is -2.44. The monoisotopic (exact) mass is 604 g/mol. The van der Waals surface area contributed by atoms with Gasteiger partial charge in [-0.05, 0) is 27.0 Å². The lowest BCUT2D eigenvalue weighted by atomic mass is 10.1. The van der Waals surface area contributed by atoms with Crippen molar-refractivity contribution in [1.82, 2.24) is 19.4 Å². The molecule has 0 saturated carbocycles. The molecule has 3 aromatic rings. The highest BCUT2D eigenvalue weighted by atomic mass is 32.1. The molecule has 42 heavy (non-hydrogen) atoms. The van der Waals surface area contributed by atoms with Crippen LogP contribution in [-0.2, 0) is 18.3 Å². The minimum atomic E-state index is -3.03. The Balaban J connectivity index is 1.52. The number of likely N-dealkylation sites (N-methyl/N-ethyl adjacent to an activating group) is 1. The molecule has 2 saturated heterocycles. The number of nitrogens with zero attached hydrogens (tertiary/aromatic N) is 5. The summed E-state index contributed by atoms with van der Waals surface area (Å²) in [5.74, 6) is -1.31. The van der Waals surface area contributed by atoms with E-state index in [2.05, 4.69) is 33.9 Å². The van der Waals surface area contributed by atoms with Gasteiger partial charge in [0.1, 0.15) is 10.8 Å². The fraction of sp³-hybridized carbons (Fsp3) is 0.483. The van der Waals surface area contributed by atoms with E-state index in [-0.39, 0.29) is 28.9 Å². The maximum Gasteiger partial charge on any atom is 0.264 e. The summed E-state index contributed by atoms with van der Waals surface area (Å²) >= 11 is 1.30. The first kappa shape index (κ1) is 30.2. The molecule has 2 aliphatic heterocycles. The number of thiazole rings is 1. The van der Waals surface area contributed by atoms with E-state index in [1.54, 1.807) is 0 Å². The highest BCUT2D eigenvalue weighted by molar-refractivity contribution is 7.13. The SMILES string of the molecule is CC1CN(c2cc(F)c(-c3nc(CN4CCOCC4)cs3)cc2NC(=O)c2cn(C)c(=O)cc2C(F)F)C[C@H](C)N1C. The first-order chi connectivity index (χ1) is 20.0. The maximum absolute atomic E-state index is 15.8. The molecule has 13 heteroatoms. The van der Waals surface area contributed by atoms with E-state index in [1.165, 1.54) is 30.5 Å². The highest BCUT2D eigenvalue weighted by Gasteiger charge is 2.30. The van der Waals surface area contributed by atoms with Crippen LogP contribution in [0.25, 0.3) is 10.6 Å². The fourth-order valence-corrected chi connectivity index (χ4v) is 6.21. The zero-order valence-electron chi connectivity index (χ0n) is 24.1. The molecule has 4 heterocycles. The van der Waals surface area contributed by atoms with Crippen molar-refractivity contribution < 1.29 is 22.7 Å². The summed E-state index contributed by atoms with van der Waals surface area (Å²) in [5, 5.41) is 5.10. The van der Waals surface area contributed by atoms with Crippen LogP contribution in [0.5, 0.6) is 0 Å². The molecule has 5 rings (SSSR count). The molecular formula is C29H35F3N6O3S. The third-order valence-electron chi connectivity index (χ3n) is 8.05. The Morgan fingerprint density at radius 3 is 2.50 bits per heavy atom. The van der Waals surface area contributed by atoms with Crippen molar-refractivity contribution in [2.45, 2.75) is 38.9 Å². The third kappa shape index (κ3) is 6.38. The van der Waals surface area contributed by atoms with E-state index < -0.39 is 29.3 Å². The number of carbonyl (C=O) groups is 1. The Labute approximate surface area is 246 Å². The number of alkyl halides is 2. The van der Waals surface area contributed by atoms with Crippen LogP contribution in [0.2, 0.25) is 0 Å². The average molecular weight is 605 g/mol. The molecule has 1 N–H and O–H groups in total. The van der Waals surface area contributed by atoms with E-state index in [9.17, 15) is 18.4 Å². The molecule has 1 amide bonds. The lowest BCUT2D eigenvalue weighted by molar-refractivity contribution is 0.0337. The minimum absolute atomic E-state index is 0.149. The average Bonchev–Trinajstić information content (AvgIpc) is 3.41. The number of nitrogens with one attached hydrogen (secondary N) is 1. The van der Waals surface area contributed by atoms with Crippen LogP contribution in [0, 0.1) is 5.82 Å². The maximum atomic E-state index is 15.8. The molecule has 9 nitrogen and oxygen atoms in total. The van der Waals surface area contributed by atoms with E-state index >= 15 is 4.39 Å². The van der Waals surface area contributed by atoms with Crippen LogP contribution >= 0.6 is 11.3 Å². The van der Waals surface area contributed by atoms with Gasteiger partial charge in [0.2, 0.25) is 0 Å². The number of aryl methyl sites for hydroxylation is 1. The second kappa shape index (κ2) is 12.5. The van der Waals surface area contributed by atoms with Crippen molar-refractivity contribution in [3.05, 3.63) is 62.8 Å². The second-order valence-corrected chi connectivity index (χ2v) is 11.9. The number of amides is 1. The van der Waals surface area contributed by atoms with Crippen LogP contribution in [-0.4, -0.2) is 83.8 Å². The summed E-state index contributed by atoms with van der Waals surface area (Å²) in [5.41, 5.74) is 0.101. The predicted octanol–water partition coefficient (Wildman–Crippen LogP) is 4.20. The van der Waals surface area contributed by atoms with E-state index in [1.807, 2.05) is 17.3 Å². The lowest BCUT2D eigenvalue weighted by Crippen LogP contribution is -2.55. The standard InChI is InChI=1S/C29H35F3N6O3S/c1-17-12-38(13-18(2)36(17)4)25-11-23(30)21(29-33-19(16-42-29)14-37-5-7-41-8-6-37)9-24(25)34-28(40)22-15-35(3)26(39)10-20(22)27(31)32/h9-11,15-18,27H,5-8,12-14H2,1-4H3,(H,34,40)/t17-,18?/m0/s1. The van der Waals surface area contributed by atoms with Gasteiger partial charge in [-0.25, -0.2) is 18.2 Å². The summed E-state index contributed by atoms with van der Waals surface area (Å²) in [6.45, 7) is 8.79. The van der Waals surface area contributed by atoms with Crippen molar-refractivity contribution in [2.24, 2.45) is 7.05 Å². The van der Waals surface area contributed by atoms with Crippen molar-refractivity contribution in [3.63, 3.8) is 0 Å². The van der Waals surface area contributed by atoms with E-state index in [4.69, 9.17) is 4.74 Å². The van der Waals surface area contributed by atoms with Gasteiger partial charge >= 0.3 is 0 Å². The number of hydrogen-bond acceptors (Lipinski definition) is 8. The van der Waals surface area contributed by atoms with Gasteiger partial charge in [0.25, 0.3) is 17.9 Å². The molecule has 1 aromatic carbocycles. The first-order valence-electron chi connectivity index (χ1n) is 13.9. The van der Waals surface area contributed by atoms with E-state index in [0.29, 0.717) is 43.5 Å². The van der Waals surface area contributed by atoms with Gasteiger partial charge in [-0.3, -0.25) is 19.4 Å². The molecule has 2 atom stereocenters. The molecule has 0 bridgehead atoms. The number of aromatic nitrogens is 2. The van der Waals surface area contributed by atoms with Gasteiger partial charge < -0.3 is 19.5 Å². The summed E-state index contributed by atoms with van der Waals surface area (Å²) in [6.07, 6.45) is -1.93. The Bertz CT molecular complexity index is 1490. The van der Waals surface area contributed by atoms with Gasteiger partial charge in [-0.1, -0.05) is 0 Å². The number of pyridine rings is 1. The van der Waals surface area contributed by atoms with Gasteiger partial charge in [-0.15, -0.1) is 11.3 Å². The van der Waals surface area contributed by atoms with Gasteiger partial charge in [0.05, 0.1) is 35.8 Å². The smallest absolute Gasteiger partial charge is 0.264 e. The number of rotatable bonds is 7. The Hall–Kier alpha value is -3.26. The highest BCUT2D eigenvalue weighted by Crippen LogP contribution is 2.37. The zero-order chi connectivity index (χ0) is 30.1. The topological polar surface area (TPSA) is 82.9 Å². The summed E-state index contributed by atoms with van der Waals surface area (Å²) in [6, 6.07) is 3.98. The number of benzene rings is 1. The zero-order valence-corrected chi connectivity index (χ0v) is 24.9. The van der Waals surface area contributed by atoms with Gasteiger partial charge in [0.15, 0.2) is 0 Å².